The Kier molecular flexibility index (Phi) is 6.37. The molecule has 164 valence electrons. The number of aromatic nitrogens is 2. The molecule has 0 bridgehead atoms. The van der Waals surface area contributed by atoms with Gasteiger partial charge in [0, 0.05) is 5.56 Å². The van der Waals surface area contributed by atoms with E-state index in [0.717, 1.165) is 28.2 Å². The minimum absolute atomic E-state index is 0.192. The first kappa shape index (κ1) is 21.8. The fourth-order valence-electron chi connectivity index (χ4n) is 3.37. The van der Waals surface area contributed by atoms with Gasteiger partial charge in [-0.3, -0.25) is 9.48 Å². The maximum atomic E-state index is 13.7. The van der Waals surface area contributed by atoms with Crippen LogP contribution in [0, 0.1) is 26.6 Å². The van der Waals surface area contributed by atoms with Crippen molar-refractivity contribution in [3.8, 4) is 5.75 Å². The van der Waals surface area contributed by atoms with E-state index < -0.39 is 5.82 Å². The van der Waals surface area contributed by atoms with E-state index in [1.807, 2.05) is 23.9 Å². The maximum absolute atomic E-state index is 13.7. The number of nitrogens with zero attached hydrogens (tertiary/aromatic N) is 2. The van der Waals surface area contributed by atoms with Gasteiger partial charge in [-0.25, -0.2) is 4.39 Å². The van der Waals surface area contributed by atoms with Crippen molar-refractivity contribution in [3.63, 3.8) is 0 Å². The van der Waals surface area contributed by atoms with E-state index in [2.05, 4.69) is 41.6 Å². The third-order valence-electron chi connectivity index (χ3n) is 5.18. The second kappa shape index (κ2) is 9.36. The summed E-state index contributed by atoms with van der Waals surface area (Å²) in [7, 11) is 0. The van der Waals surface area contributed by atoms with Gasteiger partial charge in [0.05, 0.1) is 28.5 Å². The highest BCUT2D eigenvalue weighted by molar-refractivity contribution is 7.12. The highest BCUT2D eigenvalue weighted by Gasteiger charge is 2.17. The number of halogens is 1. The van der Waals surface area contributed by atoms with Crippen molar-refractivity contribution < 1.29 is 13.9 Å². The summed E-state index contributed by atoms with van der Waals surface area (Å²) in [5.74, 6) is -0.417. The van der Waals surface area contributed by atoms with Crippen LogP contribution in [-0.4, -0.2) is 15.7 Å². The predicted molar refractivity (Wildman–Crippen MR) is 125 cm³/mol. The van der Waals surface area contributed by atoms with Crippen molar-refractivity contribution in [1.29, 1.82) is 0 Å². The number of benzene rings is 2. The molecule has 0 unspecified atom stereocenters. The number of nitrogens with one attached hydrogen (secondary N) is 1. The third-order valence-corrected chi connectivity index (χ3v) is 6.16. The molecule has 0 aliphatic carbocycles. The van der Waals surface area contributed by atoms with Crippen LogP contribution >= 0.6 is 11.3 Å². The van der Waals surface area contributed by atoms with Crippen molar-refractivity contribution in [2.45, 2.75) is 33.9 Å². The summed E-state index contributed by atoms with van der Waals surface area (Å²) in [5.41, 5.74) is 5.56. The average Bonchev–Trinajstić information content (AvgIpc) is 3.35. The molecule has 7 heteroatoms. The Labute approximate surface area is 190 Å². The predicted octanol–water partition coefficient (Wildman–Crippen LogP) is 5.89. The number of carbonyl (C=O) groups is 1. The molecule has 0 fully saturated rings. The second-order valence-corrected chi connectivity index (χ2v) is 8.59. The molecule has 0 aliphatic heterocycles. The number of hydrogen-bond donors (Lipinski definition) is 1. The van der Waals surface area contributed by atoms with Crippen molar-refractivity contribution >= 4 is 22.9 Å². The molecule has 0 radical (unpaired) electrons. The molecule has 0 spiro atoms. The van der Waals surface area contributed by atoms with E-state index in [9.17, 15) is 9.18 Å². The van der Waals surface area contributed by atoms with E-state index in [-0.39, 0.29) is 18.3 Å². The maximum Gasteiger partial charge on any atom is 0.265 e. The molecular formula is C25H24FN3O2S. The van der Waals surface area contributed by atoms with Gasteiger partial charge in [0.15, 0.2) is 11.6 Å². The first-order valence-electron chi connectivity index (χ1n) is 10.3. The number of para-hydroxylation sites is 1. The normalized spacial score (nSPS) is 10.9. The number of aryl methyl sites for hydroxylation is 2. The SMILES string of the molecule is Cc1ccc(Cn2nc(C)c(NC(=O)c3cc(COc4ccccc4F)cs3)c2C)cc1. The molecule has 4 aromatic rings. The molecule has 2 aromatic heterocycles. The lowest BCUT2D eigenvalue weighted by Crippen LogP contribution is -2.12. The van der Waals surface area contributed by atoms with Crippen LogP contribution in [-0.2, 0) is 13.2 Å². The molecule has 4 rings (SSSR count). The first-order chi connectivity index (χ1) is 15.4. The van der Waals surface area contributed by atoms with Crippen molar-refractivity contribution in [1.82, 2.24) is 9.78 Å². The summed E-state index contributed by atoms with van der Waals surface area (Å²) in [6.45, 7) is 6.72. The van der Waals surface area contributed by atoms with Crippen LogP contribution in [0.4, 0.5) is 10.1 Å². The molecule has 2 heterocycles. The molecule has 0 aliphatic rings. The molecule has 5 nitrogen and oxygen atoms in total. The molecule has 1 N–H and O–H groups in total. The van der Waals surface area contributed by atoms with Crippen molar-refractivity contribution in [3.05, 3.63) is 98.7 Å². The molecule has 1 amide bonds. The van der Waals surface area contributed by atoms with Crippen LogP contribution < -0.4 is 10.1 Å². The Morgan fingerprint density at radius 3 is 2.59 bits per heavy atom. The van der Waals surface area contributed by atoms with Crippen molar-refractivity contribution in [2.24, 2.45) is 0 Å². The highest BCUT2D eigenvalue weighted by atomic mass is 32.1. The molecule has 32 heavy (non-hydrogen) atoms. The van der Waals surface area contributed by atoms with Gasteiger partial charge < -0.3 is 10.1 Å². The van der Waals surface area contributed by atoms with E-state index >= 15 is 0 Å². The third kappa shape index (κ3) is 4.89. The Balaban J connectivity index is 1.42. The quantitative estimate of drug-likeness (QED) is 0.383. The zero-order chi connectivity index (χ0) is 22.7. The first-order valence-corrected chi connectivity index (χ1v) is 11.1. The van der Waals surface area contributed by atoms with Gasteiger partial charge in [-0.15, -0.1) is 11.3 Å². The number of hydrogen-bond acceptors (Lipinski definition) is 4. The lowest BCUT2D eigenvalue weighted by Gasteiger charge is -2.07. The average molecular weight is 450 g/mol. The summed E-state index contributed by atoms with van der Waals surface area (Å²) in [4.78, 5) is 13.4. The van der Waals surface area contributed by atoms with Crippen molar-refractivity contribution in [2.75, 3.05) is 5.32 Å². The molecule has 2 aromatic carbocycles. The van der Waals surface area contributed by atoms with Gasteiger partial charge in [0.2, 0.25) is 0 Å². The van der Waals surface area contributed by atoms with Gasteiger partial charge in [0.25, 0.3) is 5.91 Å². The summed E-state index contributed by atoms with van der Waals surface area (Å²) in [6, 6.07) is 16.3. The minimum atomic E-state index is -0.408. The van der Waals surface area contributed by atoms with Gasteiger partial charge in [-0.2, -0.15) is 5.10 Å². The van der Waals surface area contributed by atoms with Gasteiger partial charge in [0.1, 0.15) is 6.61 Å². The van der Waals surface area contributed by atoms with Crippen LogP contribution in [0.5, 0.6) is 5.75 Å². The lowest BCUT2D eigenvalue weighted by atomic mass is 10.1. The van der Waals surface area contributed by atoms with Gasteiger partial charge in [-0.05, 0) is 49.9 Å². The van der Waals surface area contributed by atoms with E-state index in [1.54, 1.807) is 24.3 Å². The molecule has 0 saturated carbocycles. The molecule has 0 atom stereocenters. The standard InChI is InChI=1S/C25H24FN3O2S/c1-16-8-10-19(11-9-16)13-29-18(3)24(17(2)28-29)27-25(30)23-12-20(15-32-23)14-31-22-7-5-4-6-21(22)26/h4-12,15H,13-14H2,1-3H3,(H,27,30). The highest BCUT2D eigenvalue weighted by Crippen LogP contribution is 2.24. The number of anilines is 1. The second-order valence-electron chi connectivity index (χ2n) is 7.68. The summed E-state index contributed by atoms with van der Waals surface area (Å²) >= 11 is 1.33. The van der Waals surface area contributed by atoms with Crippen LogP contribution in [0.3, 0.4) is 0 Å². The Hall–Kier alpha value is -3.45. The molecular weight excluding hydrogens is 425 g/mol. The summed E-state index contributed by atoms with van der Waals surface area (Å²) < 4.78 is 21.1. The molecule has 0 saturated heterocycles. The fourth-order valence-corrected chi connectivity index (χ4v) is 4.16. The van der Waals surface area contributed by atoms with E-state index in [1.165, 1.54) is 23.0 Å². The minimum Gasteiger partial charge on any atom is -0.486 e. The van der Waals surface area contributed by atoms with Crippen LogP contribution in [0.1, 0.15) is 37.7 Å². The summed E-state index contributed by atoms with van der Waals surface area (Å²) in [5, 5.41) is 9.44. The summed E-state index contributed by atoms with van der Waals surface area (Å²) in [6.07, 6.45) is 0. The lowest BCUT2D eigenvalue weighted by molar-refractivity contribution is 0.103. The van der Waals surface area contributed by atoms with Gasteiger partial charge in [-0.1, -0.05) is 42.0 Å². The Morgan fingerprint density at radius 2 is 1.84 bits per heavy atom. The zero-order valence-corrected chi connectivity index (χ0v) is 19.0. The van der Waals surface area contributed by atoms with Crippen LogP contribution in [0.15, 0.2) is 60.0 Å². The number of amides is 1. The largest absolute Gasteiger partial charge is 0.486 e. The van der Waals surface area contributed by atoms with E-state index in [0.29, 0.717) is 11.4 Å². The number of thiophene rings is 1. The van der Waals surface area contributed by atoms with Crippen LogP contribution in [0.2, 0.25) is 0 Å². The monoisotopic (exact) mass is 449 g/mol. The fraction of sp³-hybridized carbons (Fsp3) is 0.200. The number of carbonyl (C=O) groups excluding carboxylic acids is 1. The van der Waals surface area contributed by atoms with Gasteiger partial charge >= 0.3 is 0 Å². The number of ether oxygens (including phenoxy) is 1. The smallest absolute Gasteiger partial charge is 0.265 e. The van der Waals surface area contributed by atoms with E-state index in [4.69, 9.17) is 4.74 Å². The number of rotatable bonds is 7. The Morgan fingerprint density at radius 1 is 1.09 bits per heavy atom. The van der Waals surface area contributed by atoms with Crippen LogP contribution in [0.25, 0.3) is 0 Å². The Bertz CT molecular complexity index is 1240. The topological polar surface area (TPSA) is 56.2 Å². The zero-order valence-electron chi connectivity index (χ0n) is 18.2.